The van der Waals surface area contributed by atoms with Gasteiger partial charge in [0.15, 0.2) is 0 Å². The molecule has 0 amide bonds. The van der Waals surface area contributed by atoms with Gasteiger partial charge in [-0.2, -0.15) is 0 Å². The highest BCUT2D eigenvalue weighted by Gasteiger charge is 2.11. The number of nitrogen functional groups attached to an aromatic ring is 1. The first-order valence-corrected chi connectivity index (χ1v) is 5.84. The fraction of sp³-hybridized carbons (Fsp3) is 0.250. The van der Waals surface area contributed by atoms with Crippen LogP contribution in [0.3, 0.4) is 0 Å². The Morgan fingerprint density at radius 3 is 2.62 bits per heavy atom. The normalized spacial score (nSPS) is 11.0. The van der Waals surface area contributed by atoms with E-state index < -0.39 is 0 Å². The van der Waals surface area contributed by atoms with Gasteiger partial charge < -0.3 is 5.73 Å². The Labute approximate surface area is 104 Å². The number of aromatic nitrogens is 1. The monoisotopic (exact) mass is 254 g/mol. The molecule has 1 heterocycles. The van der Waals surface area contributed by atoms with Gasteiger partial charge in [0.1, 0.15) is 0 Å². The first-order valence-electron chi connectivity index (χ1n) is 5.08. The molecule has 0 fully saturated rings. The second-order valence-electron chi connectivity index (χ2n) is 3.73. The maximum absolute atomic E-state index is 6.13. The summed E-state index contributed by atoms with van der Waals surface area (Å²) in [5.41, 5.74) is 9.53. The Morgan fingerprint density at radius 2 is 2.00 bits per heavy atom. The van der Waals surface area contributed by atoms with E-state index in [1.54, 1.807) is 12.1 Å². The molecule has 0 unspecified atom stereocenters. The molecule has 0 radical (unpaired) electrons. The van der Waals surface area contributed by atoms with Crippen LogP contribution in [0.25, 0.3) is 10.9 Å². The van der Waals surface area contributed by atoms with Gasteiger partial charge in [-0.25, -0.2) is 0 Å². The van der Waals surface area contributed by atoms with Gasteiger partial charge in [0, 0.05) is 21.8 Å². The third-order valence-corrected chi connectivity index (χ3v) is 3.25. The Kier molecular flexibility index (Phi) is 2.96. The minimum absolute atomic E-state index is 0.554. The average molecular weight is 255 g/mol. The van der Waals surface area contributed by atoms with Crippen LogP contribution in [0.1, 0.15) is 18.2 Å². The van der Waals surface area contributed by atoms with Crippen molar-refractivity contribution in [3.63, 3.8) is 0 Å². The van der Waals surface area contributed by atoms with Crippen molar-refractivity contribution in [3.8, 4) is 0 Å². The van der Waals surface area contributed by atoms with E-state index >= 15 is 0 Å². The molecule has 0 saturated heterocycles. The molecule has 0 aliphatic heterocycles. The van der Waals surface area contributed by atoms with E-state index in [2.05, 4.69) is 4.98 Å². The van der Waals surface area contributed by atoms with Gasteiger partial charge in [0.2, 0.25) is 0 Å². The Bertz CT molecular complexity index is 565. The summed E-state index contributed by atoms with van der Waals surface area (Å²) in [5, 5.41) is 1.93. The topological polar surface area (TPSA) is 38.9 Å². The van der Waals surface area contributed by atoms with Crippen molar-refractivity contribution >= 4 is 39.8 Å². The fourth-order valence-electron chi connectivity index (χ4n) is 1.83. The second-order valence-corrected chi connectivity index (χ2v) is 4.58. The van der Waals surface area contributed by atoms with Crippen LogP contribution in [0.15, 0.2) is 12.1 Å². The van der Waals surface area contributed by atoms with Crippen LogP contribution < -0.4 is 5.73 Å². The summed E-state index contributed by atoms with van der Waals surface area (Å²) in [6, 6.07) is 3.48. The number of halogens is 2. The highest BCUT2D eigenvalue weighted by molar-refractivity contribution is 6.39. The summed E-state index contributed by atoms with van der Waals surface area (Å²) < 4.78 is 0. The molecule has 0 aliphatic rings. The van der Waals surface area contributed by atoms with Gasteiger partial charge in [-0.15, -0.1) is 0 Å². The van der Waals surface area contributed by atoms with Crippen molar-refractivity contribution in [2.45, 2.75) is 20.3 Å². The number of benzene rings is 1. The number of hydrogen-bond acceptors (Lipinski definition) is 2. The standard InChI is InChI=1S/C12H12Cl2N2/c1-3-9-6(2)12(15)11-8(14)4-7(13)5-10(11)16-9/h4-5H,3H2,1-2H3,(H2,15,16). The van der Waals surface area contributed by atoms with Crippen molar-refractivity contribution in [1.82, 2.24) is 4.98 Å². The van der Waals surface area contributed by atoms with E-state index in [0.29, 0.717) is 15.7 Å². The Morgan fingerprint density at radius 1 is 1.31 bits per heavy atom. The van der Waals surface area contributed by atoms with Crippen molar-refractivity contribution in [2.75, 3.05) is 5.73 Å². The predicted molar refractivity (Wildman–Crippen MR) is 70.3 cm³/mol. The van der Waals surface area contributed by atoms with E-state index in [1.807, 2.05) is 13.8 Å². The van der Waals surface area contributed by atoms with Gasteiger partial charge in [-0.1, -0.05) is 30.1 Å². The molecule has 1 aromatic heterocycles. The van der Waals surface area contributed by atoms with Crippen LogP contribution in [0.2, 0.25) is 10.0 Å². The SMILES string of the molecule is CCc1nc2cc(Cl)cc(Cl)c2c(N)c1C. The molecular weight excluding hydrogens is 243 g/mol. The summed E-state index contributed by atoms with van der Waals surface area (Å²) in [6.07, 6.45) is 0.843. The molecule has 2 rings (SSSR count). The predicted octanol–water partition coefficient (Wildman–Crippen LogP) is 3.99. The molecule has 0 bridgehead atoms. The first-order chi connectivity index (χ1) is 7.54. The van der Waals surface area contributed by atoms with Crippen LogP contribution in [0.5, 0.6) is 0 Å². The van der Waals surface area contributed by atoms with Crippen LogP contribution in [-0.4, -0.2) is 4.98 Å². The Balaban J connectivity index is 2.92. The zero-order chi connectivity index (χ0) is 11.9. The number of pyridine rings is 1. The molecule has 2 nitrogen and oxygen atoms in total. The molecule has 1 aromatic carbocycles. The van der Waals surface area contributed by atoms with Gasteiger partial charge in [-0.3, -0.25) is 4.98 Å². The second kappa shape index (κ2) is 4.11. The lowest BCUT2D eigenvalue weighted by atomic mass is 10.1. The summed E-state index contributed by atoms with van der Waals surface area (Å²) in [6.45, 7) is 4.01. The van der Waals surface area contributed by atoms with Gasteiger partial charge in [-0.05, 0) is 31.0 Å². The van der Waals surface area contributed by atoms with E-state index in [1.165, 1.54) is 0 Å². The Hall–Kier alpha value is -0.990. The van der Waals surface area contributed by atoms with Crippen LogP contribution in [0, 0.1) is 6.92 Å². The largest absolute Gasteiger partial charge is 0.398 e. The smallest absolute Gasteiger partial charge is 0.0756 e. The number of nitrogens with zero attached hydrogens (tertiary/aromatic N) is 1. The molecule has 0 atom stereocenters. The van der Waals surface area contributed by atoms with E-state index in [-0.39, 0.29) is 0 Å². The van der Waals surface area contributed by atoms with E-state index in [0.717, 1.165) is 28.6 Å². The summed E-state index contributed by atoms with van der Waals surface area (Å²) >= 11 is 12.1. The van der Waals surface area contributed by atoms with E-state index in [4.69, 9.17) is 28.9 Å². The lowest BCUT2D eigenvalue weighted by molar-refractivity contribution is 1.03. The first kappa shape index (κ1) is 11.5. The van der Waals surface area contributed by atoms with Crippen molar-refractivity contribution in [1.29, 1.82) is 0 Å². The highest BCUT2D eigenvalue weighted by atomic mass is 35.5. The minimum atomic E-state index is 0.554. The third-order valence-electron chi connectivity index (χ3n) is 2.73. The average Bonchev–Trinajstić information content (AvgIpc) is 2.22. The van der Waals surface area contributed by atoms with Gasteiger partial charge in [0.05, 0.1) is 10.5 Å². The number of aryl methyl sites for hydroxylation is 1. The summed E-state index contributed by atoms with van der Waals surface area (Å²) in [5.74, 6) is 0. The molecule has 0 aliphatic carbocycles. The minimum Gasteiger partial charge on any atom is -0.398 e. The number of hydrogen-bond donors (Lipinski definition) is 1. The zero-order valence-corrected chi connectivity index (χ0v) is 10.7. The number of nitrogens with two attached hydrogens (primary N) is 1. The molecule has 4 heteroatoms. The zero-order valence-electron chi connectivity index (χ0n) is 9.14. The van der Waals surface area contributed by atoms with Gasteiger partial charge >= 0.3 is 0 Å². The number of anilines is 1. The van der Waals surface area contributed by atoms with Crippen molar-refractivity contribution in [3.05, 3.63) is 33.4 Å². The maximum atomic E-state index is 6.13. The number of rotatable bonds is 1. The molecule has 0 saturated carbocycles. The summed E-state index contributed by atoms with van der Waals surface area (Å²) in [7, 11) is 0. The third kappa shape index (κ3) is 1.72. The van der Waals surface area contributed by atoms with Crippen LogP contribution in [-0.2, 0) is 6.42 Å². The molecule has 2 aromatic rings. The lowest BCUT2D eigenvalue weighted by Crippen LogP contribution is -2.00. The fourth-order valence-corrected chi connectivity index (χ4v) is 2.42. The lowest BCUT2D eigenvalue weighted by Gasteiger charge is -2.11. The molecule has 84 valence electrons. The maximum Gasteiger partial charge on any atom is 0.0756 e. The van der Waals surface area contributed by atoms with Gasteiger partial charge in [0.25, 0.3) is 0 Å². The number of fused-ring (bicyclic) bond motifs is 1. The highest BCUT2D eigenvalue weighted by Crippen LogP contribution is 2.33. The van der Waals surface area contributed by atoms with Crippen molar-refractivity contribution in [2.24, 2.45) is 0 Å². The van der Waals surface area contributed by atoms with Crippen LogP contribution >= 0.6 is 23.2 Å². The quantitative estimate of drug-likeness (QED) is 0.836. The molecule has 0 spiro atoms. The van der Waals surface area contributed by atoms with E-state index in [9.17, 15) is 0 Å². The van der Waals surface area contributed by atoms with Crippen LogP contribution in [0.4, 0.5) is 5.69 Å². The van der Waals surface area contributed by atoms with Crippen molar-refractivity contribution < 1.29 is 0 Å². The molecule has 2 N–H and O–H groups in total. The molecular formula is C12H12Cl2N2. The molecule has 16 heavy (non-hydrogen) atoms. The summed E-state index contributed by atoms with van der Waals surface area (Å²) in [4.78, 5) is 4.53.